The second-order valence-corrected chi connectivity index (χ2v) is 8.06. The minimum absolute atomic E-state index is 0.264. The Balaban J connectivity index is 2.35. The van der Waals surface area contributed by atoms with E-state index < -0.39 is 53.7 Å². The van der Waals surface area contributed by atoms with E-state index in [0.29, 0.717) is 0 Å². The molecule has 0 aliphatic carbocycles. The number of anilines is 1. The highest BCUT2D eigenvalue weighted by Gasteiger charge is 2.52. The van der Waals surface area contributed by atoms with Gasteiger partial charge in [-0.2, -0.15) is 0 Å². The molecule has 176 valence electrons. The molecule has 0 radical (unpaired) electrons. The molecule has 11 heteroatoms. The van der Waals surface area contributed by atoms with E-state index in [2.05, 4.69) is 4.72 Å². The lowest BCUT2D eigenvalue weighted by atomic mass is 9.99. The Morgan fingerprint density at radius 1 is 0.844 bits per heavy atom. The van der Waals surface area contributed by atoms with Gasteiger partial charge in [0.1, 0.15) is 12.7 Å². The van der Waals surface area contributed by atoms with Crippen LogP contribution in [-0.4, -0.2) is 60.3 Å². The fourth-order valence-electron chi connectivity index (χ4n) is 3.03. The van der Waals surface area contributed by atoms with Gasteiger partial charge >= 0.3 is 23.9 Å². The van der Waals surface area contributed by atoms with Gasteiger partial charge in [-0.3, -0.25) is 19.2 Å². The molecule has 10 nitrogen and oxygen atoms in total. The summed E-state index contributed by atoms with van der Waals surface area (Å²) in [5.74, 6) is -2.55. The van der Waals surface area contributed by atoms with Gasteiger partial charge < -0.3 is 28.4 Å². The van der Waals surface area contributed by atoms with Gasteiger partial charge in [0.15, 0.2) is 23.7 Å². The Morgan fingerprint density at radius 3 is 1.91 bits per heavy atom. The highest BCUT2D eigenvalue weighted by molar-refractivity contribution is 8.01. The van der Waals surface area contributed by atoms with Crippen LogP contribution in [0.4, 0.5) is 5.69 Å². The van der Waals surface area contributed by atoms with Crippen LogP contribution in [0, 0.1) is 6.92 Å². The third-order valence-corrected chi connectivity index (χ3v) is 5.26. The topological polar surface area (TPSA) is 126 Å². The third-order valence-electron chi connectivity index (χ3n) is 4.29. The van der Waals surface area contributed by atoms with Crippen LogP contribution in [0.2, 0.25) is 0 Å². The molecule has 1 N–H and O–H groups in total. The standard InChI is InChI=1S/C21H27NO9S/c1-11-6-8-16(9-7-11)22-32-21-20(30-15(5)26)19(29-14(4)25)18(28-13(3)24)17(31-21)10-27-12(2)23/h6-9,17-22H,10H2,1-5H3/t17-,18-,19+,20-,21+/m1/s1. The average molecular weight is 470 g/mol. The Hall–Kier alpha value is -2.79. The van der Waals surface area contributed by atoms with Gasteiger partial charge in [0.25, 0.3) is 0 Å². The van der Waals surface area contributed by atoms with Crippen molar-refractivity contribution < 1.29 is 42.9 Å². The SMILES string of the molecule is CC(=O)OC[C@H]1O[C@@H](SNc2ccc(C)cc2)[C@H](OC(C)=O)[C@@H](OC(C)=O)[C@@H]1OC(C)=O. The number of aryl methyl sites for hydroxylation is 1. The van der Waals surface area contributed by atoms with Crippen LogP contribution >= 0.6 is 11.9 Å². The highest BCUT2D eigenvalue weighted by Crippen LogP contribution is 2.34. The summed E-state index contributed by atoms with van der Waals surface area (Å²) in [6, 6.07) is 7.53. The summed E-state index contributed by atoms with van der Waals surface area (Å²) in [6.07, 6.45) is -4.45. The quantitative estimate of drug-likeness (QED) is 0.342. The molecule has 0 amide bonds. The lowest BCUT2D eigenvalue weighted by molar-refractivity contribution is -0.237. The summed E-state index contributed by atoms with van der Waals surface area (Å²) >= 11 is 1.07. The molecular weight excluding hydrogens is 442 g/mol. The Morgan fingerprint density at radius 2 is 1.38 bits per heavy atom. The van der Waals surface area contributed by atoms with Crippen LogP contribution in [0.1, 0.15) is 33.3 Å². The number of nitrogens with one attached hydrogen (secondary N) is 1. The number of carbonyl (C=O) groups excluding carboxylic acids is 4. The summed E-state index contributed by atoms with van der Waals surface area (Å²) in [7, 11) is 0. The largest absolute Gasteiger partial charge is 0.463 e. The molecule has 0 bridgehead atoms. The van der Waals surface area contributed by atoms with Crippen molar-refractivity contribution in [2.75, 3.05) is 11.3 Å². The highest BCUT2D eigenvalue weighted by atomic mass is 32.2. The second kappa shape index (κ2) is 11.7. The minimum Gasteiger partial charge on any atom is -0.463 e. The summed E-state index contributed by atoms with van der Waals surface area (Å²) in [5.41, 5.74) is 0.943. The summed E-state index contributed by atoms with van der Waals surface area (Å²) in [5, 5.41) is 0. The third kappa shape index (κ3) is 7.72. The van der Waals surface area contributed by atoms with Crippen molar-refractivity contribution >= 4 is 41.5 Å². The van der Waals surface area contributed by atoms with E-state index >= 15 is 0 Å². The van der Waals surface area contributed by atoms with Crippen LogP contribution in [0.3, 0.4) is 0 Å². The minimum atomic E-state index is -1.19. The average Bonchev–Trinajstić information content (AvgIpc) is 2.69. The number of ether oxygens (including phenoxy) is 5. The molecule has 1 aliphatic rings. The zero-order valence-electron chi connectivity index (χ0n) is 18.5. The molecule has 1 aromatic rings. The van der Waals surface area contributed by atoms with Crippen LogP contribution in [-0.2, 0) is 42.9 Å². The van der Waals surface area contributed by atoms with Crippen LogP contribution in [0.5, 0.6) is 0 Å². The van der Waals surface area contributed by atoms with Crippen LogP contribution in [0.25, 0.3) is 0 Å². The molecular formula is C21H27NO9S. The molecule has 1 heterocycles. The first-order valence-corrected chi connectivity index (χ1v) is 10.7. The number of hydrogen-bond acceptors (Lipinski definition) is 11. The van der Waals surface area contributed by atoms with Gasteiger partial charge in [0.05, 0.1) is 0 Å². The van der Waals surface area contributed by atoms with Gasteiger partial charge in [-0.1, -0.05) is 17.7 Å². The fourth-order valence-corrected chi connectivity index (χ4v) is 3.96. The summed E-state index contributed by atoms with van der Waals surface area (Å²) in [6.45, 7) is 6.47. The molecule has 1 fully saturated rings. The maximum absolute atomic E-state index is 11.8. The van der Waals surface area contributed by atoms with Crippen molar-refractivity contribution in [1.82, 2.24) is 0 Å². The predicted molar refractivity (Wildman–Crippen MR) is 114 cm³/mol. The summed E-state index contributed by atoms with van der Waals surface area (Å²) < 4.78 is 30.3. The van der Waals surface area contributed by atoms with Gasteiger partial charge in [-0.15, -0.1) is 0 Å². The molecule has 32 heavy (non-hydrogen) atoms. The number of esters is 4. The first kappa shape index (κ1) is 25.5. The van der Waals surface area contributed by atoms with E-state index in [4.69, 9.17) is 23.7 Å². The smallest absolute Gasteiger partial charge is 0.303 e. The van der Waals surface area contributed by atoms with Gasteiger partial charge in [-0.25, -0.2) is 0 Å². The summed E-state index contributed by atoms with van der Waals surface area (Å²) in [4.78, 5) is 46.7. The van der Waals surface area contributed by atoms with Crippen molar-refractivity contribution in [1.29, 1.82) is 0 Å². The van der Waals surface area contributed by atoms with E-state index in [1.807, 2.05) is 31.2 Å². The molecule has 0 spiro atoms. The van der Waals surface area contributed by atoms with Crippen LogP contribution < -0.4 is 4.72 Å². The van der Waals surface area contributed by atoms with Gasteiger partial charge in [-0.05, 0) is 31.0 Å². The van der Waals surface area contributed by atoms with Gasteiger partial charge in [0.2, 0.25) is 0 Å². The van der Waals surface area contributed by atoms with Crippen LogP contribution in [0.15, 0.2) is 24.3 Å². The van der Waals surface area contributed by atoms with Crippen molar-refractivity contribution in [2.45, 2.75) is 64.5 Å². The Kier molecular flexibility index (Phi) is 9.33. The molecule has 0 unspecified atom stereocenters. The molecule has 5 atom stereocenters. The number of carbonyl (C=O) groups is 4. The second-order valence-electron chi connectivity index (χ2n) is 7.15. The van der Waals surface area contributed by atoms with E-state index in [1.165, 1.54) is 27.7 Å². The monoisotopic (exact) mass is 469 g/mol. The Bertz CT molecular complexity index is 829. The maximum atomic E-state index is 11.8. The fraction of sp³-hybridized carbons (Fsp3) is 0.524. The Labute approximate surface area is 190 Å². The van der Waals surface area contributed by atoms with Crippen molar-refractivity contribution in [2.24, 2.45) is 0 Å². The molecule has 1 aliphatic heterocycles. The zero-order valence-corrected chi connectivity index (χ0v) is 19.3. The normalized spacial score (nSPS) is 24.7. The molecule has 0 saturated carbocycles. The molecule has 1 aromatic carbocycles. The zero-order chi connectivity index (χ0) is 23.8. The van der Waals surface area contributed by atoms with Gasteiger partial charge in [0, 0.05) is 33.4 Å². The maximum Gasteiger partial charge on any atom is 0.303 e. The molecule has 2 rings (SSSR count). The predicted octanol–water partition coefficient (Wildman–Crippen LogP) is 2.14. The molecule has 0 aromatic heterocycles. The number of hydrogen-bond donors (Lipinski definition) is 1. The first-order valence-electron chi connectivity index (χ1n) is 9.85. The first-order chi connectivity index (χ1) is 15.1. The lowest BCUT2D eigenvalue weighted by Gasteiger charge is -2.44. The van der Waals surface area contributed by atoms with Crippen molar-refractivity contribution in [3.8, 4) is 0 Å². The van der Waals surface area contributed by atoms with E-state index in [0.717, 1.165) is 23.2 Å². The van der Waals surface area contributed by atoms with Crippen molar-refractivity contribution in [3.05, 3.63) is 29.8 Å². The van der Waals surface area contributed by atoms with Crippen molar-refractivity contribution in [3.63, 3.8) is 0 Å². The van der Waals surface area contributed by atoms with E-state index in [9.17, 15) is 19.2 Å². The van der Waals surface area contributed by atoms with E-state index in [1.54, 1.807) is 0 Å². The number of benzene rings is 1. The molecule has 1 saturated heterocycles. The lowest BCUT2D eigenvalue weighted by Crippen LogP contribution is -2.61. The van der Waals surface area contributed by atoms with E-state index in [-0.39, 0.29) is 6.61 Å². The number of rotatable bonds is 8.